The molecule has 0 aliphatic heterocycles. The number of aliphatic carboxylic acids is 1. The molecule has 12 heteroatoms. The van der Waals surface area contributed by atoms with Crippen molar-refractivity contribution < 1.29 is 38.6 Å². The number of carbonyl (C=O) groups is 5. The van der Waals surface area contributed by atoms with Crippen molar-refractivity contribution in [3.05, 3.63) is 65.7 Å². The molecular weight excluding hydrogens is 508 g/mol. The first-order chi connectivity index (χ1) is 18.7. The molecule has 0 aromatic heterocycles. The predicted octanol–water partition coefficient (Wildman–Crippen LogP) is 1.26. The zero-order valence-corrected chi connectivity index (χ0v) is 21.7. The topological polar surface area (TPSA) is 186 Å². The van der Waals surface area contributed by atoms with E-state index in [-0.39, 0.29) is 44.1 Å². The van der Waals surface area contributed by atoms with Crippen molar-refractivity contribution in [2.75, 3.05) is 13.1 Å². The molecule has 2 atom stereocenters. The summed E-state index contributed by atoms with van der Waals surface area (Å²) in [5.74, 6) is -2.49. The molecule has 0 aliphatic rings. The van der Waals surface area contributed by atoms with Gasteiger partial charge in [0.25, 0.3) is 0 Å². The predicted molar refractivity (Wildman–Crippen MR) is 140 cm³/mol. The van der Waals surface area contributed by atoms with E-state index in [9.17, 15) is 29.1 Å². The van der Waals surface area contributed by atoms with E-state index in [0.29, 0.717) is 18.5 Å². The number of nitrogens with one attached hydrogen (secondary N) is 3. The second-order valence-electron chi connectivity index (χ2n) is 8.65. The van der Waals surface area contributed by atoms with Crippen molar-refractivity contribution in [3.63, 3.8) is 0 Å². The number of esters is 1. The van der Waals surface area contributed by atoms with Gasteiger partial charge in [0.2, 0.25) is 11.8 Å². The van der Waals surface area contributed by atoms with E-state index in [1.807, 2.05) is 18.2 Å². The average molecular weight is 543 g/mol. The summed E-state index contributed by atoms with van der Waals surface area (Å²) in [5.41, 5.74) is 6.72. The molecule has 0 radical (unpaired) electrons. The monoisotopic (exact) mass is 542 g/mol. The van der Waals surface area contributed by atoms with Crippen molar-refractivity contribution >= 4 is 29.8 Å². The molecule has 39 heavy (non-hydrogen) atoms. The average Bonchev–Trinajstić information content (AvgIpc) is 2.91. The lowest BCUT2D eigenvalue weighted by atomic mass is 10.1. The molecule has 0 bridgehead atoms. The van der Waals surface area contributed by atoms with E-state index in [1.54, 1.807) is 24.3 Å². The zero-order chi connectivity index (χ0) is 28.6. The fourth-order valence-corrected chi connectivity index (χ4v) is 3.27. The highest BCUT2D eigenvalue weighted by Crippen LogP contribution is 2.15. The summed E-state index contributed by atoms with van der Waals surface area (Å²) in [6, 6.07) is 13.0. The molecule has 0 aliphatic carbocycles. The van der Waals surface area contributed by atoms with Gasteiger partial charge in [0.05, 0.1) is 0 Å². The van der Waals surface area contributed by atoms with E-state index < -0.39 is 36.0 Å². The fourth-order valence-electron chi connectivity index (χ4n) is 3.27. The normalized spacial score (nSPS) is 11.9. The lowest BCUT2D eigenvalue weighted by Gasteiger charge is -2.16. The van der Waals surface area contributed by atoms with Gasteiger partial charge in [-0.3, -0.25) is 9.59 Å². The maximum absolute atomic E-state index is 12.3. The van der Waals surface area contributed by atoms with Crippen LogP contribution in [-0.2, 0) is 36.9 Å². The summed E-state index contributed by atoms with van der Waals surface area (Å²) in [6.07, 6.45) is -0.0497. The van der Waals surface area contributed by atoms with Gasteiger partial charge in [0.1, 0.15) is 24.4 Å². The Hall–Kier alpha value is -4.45. The van der Waals surface area contributed by atoms with Gasteiger partial charge in [-0.1, -0.05) is 42.5 Å². The Bertz CT molecular complexity index is 1110. The third kappa shape index (κ3) is 12.1. The van der Waals surface area contributed by atoms with E-state index in [2.05, 4.69) is 16.0 Å². The SMILES string of the molecule is C[C@H](NC(=O)OCc1ccccc1)C(=O)Oc1ccc(C[C@H](NC(=O)CCNC(=O)CCCN)C(=O)O)cc1. The van der Waals surface area contributed by atoms with Gasteiger partial charge >= 0.3 is 18.0 Å². The van der Waals surface area contributed by atoms with Crippen LogP contribution in [0.15, 0.2) is 54.6 Å². The maximum Gasteiger partial charge on any atom is 0.408 e. The van der Waals surface area contributed by atoms with Crippen LogP contribution in [0.3, 0.4) is 0 Å². The van der Waals surface area contributed by atoms with Gasteiger partial charge in [-0.15, -0.1) is 0 Å². The summed E-state index contributed by atoms with van der Waals surface area (Å²) in [4.78, 5) is 59.6. The molecule has 2 aromatic carbocycles. The molecule has 2 rings (SSSR count). The number of hydrogen-bond acceptors (Lipinski definition) is 8. The van der Waals surface area contributed by atoms with Crippen LogP contribution in [0.25, 0.3) is 0 Å². The third-order valence-electron chi connectivity index (χ3n) is 5.40. The lowest BCUT2D eigenvalue weighted by Crippen LogP contribution is -2.43. The number of hydrogen-bond donors (Lipinski definition) is 5. The lowest BCUT2D eigenvalue weighted by molar-refractivity contribution is -0.141. The van der Waals surface area contributed by atoms with Crippen molar-refractivity contribution in [2.45, 2.75) is 51.3 Å². The van der Waals surface area contributed by atoms with Gasteiger partial charge in [-0.05, 0) is 43.1 Å². The van der Waals surface area contributed by atoms with Crippen LogP contribution in [0.2, 0.25) is 0 Å². The zero-order valence-electron chi connectivity index (χ0n) is 21.7. The minimum absolute atomic E-state index is 0.0105. The Labute approximate surface area is 226 Å². The molecule has 0 unspecified atom stereocenters. The number of carboxylic acid groups (broad SMARTS) is 1. The van der Waals surface area contributed by atoms with Crippen molar-refractivity contribution in [3.8, 4) is 5.75 Å². The van der Waals surface area contributed by atoms with Crippen LogP contribution < -0.4 is 26.4 Å². The molecule has 3 amide bonds. The number of carbonyl (C=O) groups excluding carboxylic acids is 4. The Kier molecular flexibility index (Phi) is 12.9. The van der Waals surface area contributed by atoms with Crippen LogP contribution in [0.4, 0.5) is 4.79 Å². The van der Waals surface area contributed by atoms with Gasteiger partial charge in [-0.2, -0.15) is 0 Å². The Morgan fingerprint density at radius 3 is 2.23 bits per heavy atom. The van der Waals surface area contributed by atoms with Crippen molar-refractivity contribution in [1.82, 2.24) is 16.0 Å². The van der Waals surface area contributed by atoms with Gasteiger partial charge in [0, 0.05) is 25.8 Å². The molecule has 0 spiro atoms. The van der Waals surface area contributed by atoms with Crippen LogP contribution in [0.5, 0.6) is 5.75 Å². The molecule has 0 fully saturated rings. The minimum Gasteiger partial charge on any atom is -0.480 e. The number of carboxylic acids is 1. The van der Waals surface area contributed by atoms with E-state index >= 15 is 0 Å². The summed E-state index contributed by atoms with van der Waals surface area (Å²) < 4.78 is 10.3. The highest BCUT2D eigenvalue weighted by atomic mass is 16.6. The summed E-state index contributed by atoms with van der Waals surface area (Å²) in [7, 11) is 0. The number of amides is 3. The summed E-state index contributed by atoms with van der Waals surface area (Å²) in [5, 5.41) is 16.9. The van der Waals surface area contributed by atoms with Crippen LogP contribution in [-0.4, -0.2) is 60.1 Å². The minimum atomic E-state index is -1.22. The first kappa shape index (κ1) is 30.8. The molecule has 0 heterocycles. The van der Waals surface area contributed by atoms with Gasteiger partial charge < -0.3 is 36.3 Å². The molecule has 2 aromatic rings. The quantitative estimate of drug-likeness (QED) is 0.163. The Balaban J connectivity index is 1.78. The van der Waals surface area contributed by atoms with Crippen molar-refractivity contribution in [2.24, 2.45) is 5.73 Å². The number of benzene rings is 2. The number of nitrogens with two attached hydrogens (primary N) is 1. The fraction of sp³-hybridized carbons (Fsp3) is 0.370. The smallest absolute Gasteiger partial charge is 0.408 e. The van der Waals surface area contributed by atoms with Crippen LogP contribution in [0.1, 0.15) is 37.3 Å². The Morgan fingerprint density at radius 2 is 1.59 bits per heavy atom. The van der Waals surface area contributed by atoms with Crippen molar-refractivity contribution in [1.29, 1.82) is 0 Å². The molecule has 6 N–H and O–H groups in total. The number of ether oxygens (including phenoxy) is 2. The Morgan fingerprint density at radius 1 is 0.897 bits per heavy atom. The highest BCUT2D eigenvalue weighted by Gasteiger charge is 2.21. The maximum atomic E-state index is 12.3. The molecule has 0 saturated carbocycles. The second-order valence-corrected chi connectivity index (χ2v) is 8.65. The van der Waals surface area contributed by atoms with Crippen LogP contribution >= 0.6 is 0 Å². The number of rotatable bonds is 15. The van der Waals surface area contributed by atoms with Gasteiger partial charge in [0.15, 0.2) is 0 Å². The highest BCUT2D eigenvalue weighted by molar-refractivity contribution is 5.84. The molecule has 0 saturated heterocycles. The van der Waals surface area contributed by atoms with E-state index in [4.69, 9.17) is 15.2 Å². The first-order valence-corrected chi connectivity index (χ1v) is 12.4. The summed E-state index contributed by atoms with van der Waals surface area (Å²) in [6.45, 7) is 1.98. The summed E-state index contributed by atoms with van der Waals surface area (Å²) >= 11 is 0. The largest absolute Gasteiger partial charge is 0.480 e. The molecular formula is C27H34N4O8. The molecule has 210 valence electrons. The van der Waals surface area contributed by atoms with E-state index in [0.717, 1.165) is 5.56 Å². The third-order valence-corrected chi connectivity index (χ3v) is 5.40. The first-order valence-electron chi connectivity index (χ1n) is 12.4. The second kappa shape index (κ2) is 16.4. The van der Waals surface area contributed by atoms with Gasteiger partial charge in [-0.25, -0.2) is 14.4 Å². The standard InChI is InChI=1S/C27H34N4O8/c1-18(30-27(37)38-17-20-6-3-2-4-7-20)26(36)39-21-11-9-19(10-12-21)16-22(25(34)35)31-24(33)13-15-29-23(32)8-5-14-28/h2-4,6-7,9-12,18,22H,5,8,13-17,28H2,1H3,(H,29,32)(H,30,37)(H,31,33)(H,34,35)/t18-,22-/m0/s1. The van der Waals surface area contributed by atoms with Crippen LogP contribution in [0, 0.1) is 0 Å². The van der Waals surface area contributed by atoms with E-state index in [1.165, 1.54) is 19.1 Å². The molecule has 12 nitrogen and oxygen atoms in total. The number of alkyl carbamates (subject to hydrolysis) is 1.